The minimum atomic E-state index is 0.00953. The highest BCUT2D eigenvalue weighted by atomic mass is 16.1. The van der Waals surface area contributed by atoms with Crippen LogP contribution in [-0.4, -0.2) is 15.9 Å². The number of fused-ring (bicyclic) bond motifs is 1. The minimum absolute atomic E-state index is 0.00953. The number of nitrogens with one attached hydrogen (secondary N) is 2. The van der Waals surface area contributed by atoms with E-state index < -0.39 is 0 Å². The number of hydrogen-bond acceptors (Lipinski definition) is 2. The predicted octanol–water partition coefficient (Wildman–Crippen LogP) is 4.31. The van der Waals surface area contributed by atoms with E-state index in [4.69, 9.17) is 0 Å². The quantitative estimate of drug-likeness (QED) is 0.676. The fourth-order valence-electron chi connectivity index (χ4n) is 4.10. The number of nitrogens with zero attached hydrogens (tertiary/aromatic N) is 1. The maximum atomic E-state index is 13.1. The molecule has 4 nitrogen and oxygen atoms in total. The third kappa shape index (κ3) is 4.33. The first kappa shape index (κ1) is 18.5. The van der Waals surface area contributed by atoms with Crippen LogP contribution < -0.4 is 5.32 Å². The molecule has 2 atom stereocenters. The van der Waals surface area contributed by atoms with E-state index in [0.29, 0.717) is 0 Å². The summed E-state index contributed by atoms with van der Waals surface area (Å²) >= 11 is 0. The van der Waals surface area contributed by atoms with Gasteiger partial charge in [0, 0.05) is 18.0 Å². The third-order valence-electron chi connectivity index (χ3n) is 5.62. The van der Waals surface area contributed by atoms with Crippen LogP contribution in [0.1, 0.15) is 47.2 Å². The fourth-order valence-corrected chi connectivity index (χ4v) is 4.10. The van der Waals surface area contributed by atoms with E-state index in [-0.39, 0.29) is 17.9 Å². The molecule has 1 heterocycles. The first-order valence-electron chi connectivity index (χ1n) is 10.1. The SMILES string of the molecule is Cc1nc2c([nH]1)C[C@@H](C(=O)N[C@@H](CCc1ccccc1)c1ccccc1)CC2. The third-order valence-corrected chi connectivity index (χ3v) is 5.62. The number of hydrogen-bond donors (Lipinski definition) is 2. The number of carbonyl (C=O) groups excluding carboxylic acids is 1. The van der Waals surface area contributed by atoms with Gasteiger partial charge in [0.2, 0.25) is 5.91 Å². The van der Waals surface area contributed by atoms with Gasteiger partial charge in [-0.15, -0.1) is 0 Å². The molecule has 4 heteroatoms. The van der Waals surface area contributed by atoms with Crippen molar-refractivity contribution in [2.45, 2.75) is 45.1 Å². The zero-order chi connectivity index (χ0) is 19.3. The van der Waals surface area contributed by atoms with Crippen molar-refractivity contribution in [3.63, 3.8) is 0 Å². The smallest absolute Gasteiger partial charge is 0.223 e. The number of benzene rings is 2. The van der Waals surface area contributed by atoms with Gasteiger partial charge in [-0.2, -0.15) is 0 Å². The van der Waals surface area contributed by atoms with Crippen LogP contribution in [0, 0.1) is 12.8 Å². The Bertz CT molecular complexity index is 918. The molecule has 2 aromatic carbocycles. The number of aryl methyl sites for hydroxylation is 3. The average molecular weight is 374 g/mol. The lowest BCUT2D eigenvalue weighted by Crippen LogP contribution is -2.36. The predicted molar refractivity (Wildman–Crippen MR) is 111 cm³/mol. The molecule has 1 amide bonds. The van der Waals surface area contributed by atoms with Crippen molar-refractivity contribution in [1.29, 1.82) is 0 Å². The first-order valence-corrected chi connectivity index (χ1v) is 10.1. The van der Waals surface area contributed by atoms with Gasteiger partial charge in [-0.1, -0.05) is 60.7 Å². The number of carbonyl (C=O) groups is 1. The minimum Gasteiger partial charge on any atom is -0.349 e. The van der Waals surface area contributed by atoms with Gasteiger partial charge in [-0.3, -0.25) is 4.79 Å². The molecule has 0 spiro atoms. The Morgan fingerprint density at radius 1 is 1.14 bits per heavy atom. The van der Waals surface area contributed by atoms with E-state index in [9.17, 15) is 4.79 Å². The summed E-state index contributed by atoms with van der Waals surface area (Å²) in [5.41, 5.74) is 4.73. The highest BCUT2D eigenvalue weighted by Crippen LogP contribution is 2.26. The van der Waals surface area contributed by atoms with Crippen LogP contribution in [0.15, 0.2) is 60.7 Å². The molecule has 144 valence electrons. The molecule has 4 rings (SSSR count). The summed E-state index contributed by atoms with van der Waals surface area (Å²) in [6.07, 6.45) is 4.32. The largest absolute Gasteiger partial charge is 0.349 e. The number of aromatic nitrogens is 2. The van der Waals surface area contributed by atoms with E-state index in [2.05, 4.69) is 51.7 Å². The van der Waals surface area contributed by atoms with Gasteiger partial charge in [-0.05, 0) is 43.7 Å². The van der Waals surface area contributed by atoms with Crippen LogP contribution in [0.5, 0.6) is 0 Å². The van der Waals surface area contributed by atoms with Crippen LogP contribution in [0.2, 0.25) is 0 Å². The standard InChI is InChI=1S/C24H27N3O/c1-17-25-22-15-13-20(16-23(22)26-17)24(28)27-21(19-10-6-3-7-11-19)14-12-18-8-4-2-5-9-18/h2-11,20-21H,12-16H2,1H3,(H,25,26)(H,27,28)/t20-,21-/m0/s1. The maximum Gasteiger partial charge on any atom is 0.223 e. The molecular formula is C24H27N3O. The first-order chi connectivity index (χ1) is 13.7. The number of rotatable bonds is 6. The van der Waals surface area contributed by atoms with Crippen molar-refractivity contribution in [2.24, 2.45) is 5.92 Å². The van der Waals surface area contributed by atoms with Crippen LogP contribution in [-0.2, 0) is 24.1 Å². The maximum absolute atomic E-state index is 13.1. The number of imidazole rings is 1. The van der Waals surface area contributed by atoms with Crippen molar-refractivity contribution in [2.75, 3.05) is 0 Å². The second kappa shape index (κ2) is 8.42. The van der Waals surface area contributed by atoms with Crippen molar-refractivity contribution >= 4 is 5.91 Å². The molecular weight excluding hydrogens is 346 g/mol. The van der Waals surface area contributed by atoms with Crippen LogP contribution >= 0.6 is 0 Å². The topological polar surface area (TPSA) is 57.8 Å². The van der Waals surface area contributed by atoms with Crippen molar-refractivity contribution in [1.82, 2.24) is 15.3 Å². The van der Waals surface area contributed by atoms with Gasteiger partial charge in [0.15, 0.2) is 0 Å². The Balaban J connectivity index is 1.45. The normalized spacial score (nSPS) is 17.0. The van der Waals surface area contributed by atoms with Crippen molar-refractivity contribution in [3.8, 4) is 0 Å². The lowest BCUT2D eigenvalue weighted by atomic mass is 9.88. The number of aromatic amines is 1. The zero-order valence-corrected chi connectivity index (χ0v) is 16.3. The summed E-state index contributed by atoms with van der Waals surface area (Å²) in [6.45, 7) is 1.97. The molecule has 1 aromatic heterocycles. The van der Waals surface area contributed by atoms with E-state index >= 15 is 0 Å². The zero-order valence-electron chi connectivity index (χ0n) is 16.3. The monoisotopic (exact) mass is 373 g/mol. The lowest BCUT2D eigenvalue weighted by Gasteiger charge is -2.25. The van der Waals surface area contributed by atoms with Crippen molar-refractivity contribution in [3.05, 3.63) is 89.0 Å². The molecule has 2 N–H and O–H groups in total. The molecule has 1 aliphatic rings. The Morgan fingerprint density at radius 2 is 1.86 bits per heavy atom. The highest BCUT2D eigenvalue weighted by Gasteiger charge is 2.28. The van der Waals surface area contributed by atoms with Crippen LogP contribution in [0.4, 0.5) is 0 Å². The second-order valence-electron chi connectivity index (χ2n) is 7.68. The molecule has 0 aliphatic heterocycles. The van der Waals surface area contributed by atoms with Gasteiger partial charge >= 0.3 is 0 Å². The molecule has 0 radical (unpaired) electrons. The summed E-state index contributed by atoms with van der Waals surface area (Å²) < 4.78 is 0. The molecule has 3 aromatic rings. The van der Waals surface area contributed by atoms with Gasteiger partial charge in [-0.25, -0.2) is 4.98 Å². The van der Waals surface area contributed by atoms with E-state index in [1.54, 1.807) is 0 Å². The Kier molecular flexibility index (Phi) is 5.56. The molecule has 28 heavy (non-hydrogen) atoms. The van der Waals surface area contributed by atoms with Gasteiger partial charge < -0.3 is 10.3 Å². The molecule has 0 saturated carbocycles. The summed E-state index contributed by atoms with van der Waals surface area (Å²) in [5.74, 6) is 1.10. The summed E-state index contributed by atoms with van der Waals surface area (Å²) in [5, 5.41) is 3.34. The molecule has 1 aliphatic carbocycles. The molecule has 0 unspecified atom stereocenters. The summed E-state index contributed by atoms with van der Waals surface area (Å²) in [6, 6.07) is 20.8. The van der Waals surface area contributed by atoms with E-state index in [1.807, 2.05) is 31.2 Å². The average Bonchev–Trinajstić information content (AvgIpc) is 3.11. The molecule has 0 bridgehead atoms. The Morgan fingerprint density at radius 3 is 2.61 bits per heavy atom. The van der Waals surface area contributed by atoms with Crippen LogP contribution in [0.3, 0.4) is 0 Å². The Hall–Kier alpha value is -2.88. The lowest BCUT2D eigenvalue weighted by molar-refractivity contribution is -0.126. The summed E-state index contributed by atoms with van der Waals surface area (Å²) in [7, 11) is 0. The summed E-state index contributed by atoms with van der Waals surface area (Å²) in [4.78, 5) is 20.9. The van der Waals surface area contributed by atoms with Crippen LogP contribution in [0.25, 0.3) is 0 Å². The van der Waals surface area contributed by atoms with Gasteiger partial charge in [0.05, 0.1) is 11.7 Å². The van der Waals surface area contributed by atoms with Crippen molar-refractivity contribution < 1.29 is 4.79 Å². The van der Waals surface area contributed by atoms with E-state index in [1.165, 1.54) is 11.1 Å². The van der Waals surface area contributed by atoms with Gasteiger partial charge in [0.25, 0.3) is 0 Å². The van der Waals surface area contributed by atoms with Gasteiger partial charge in [0.1, 0.15) is 5.82 Å². The molecule has 0 fully saturated rings. The van der Waals surface area contributed by atoms with E-state index in [0.717, 1.165) is 49.3 Å². The fraction of sp³-hybridized carbons (Fsp3) is 0.333. The highest BCUT2D eigenvalue weighted by molar-refractivity contribution is 5.79. The number of amides is 1. The second-order valence-corrected chi connectivity index (χ2v) is 7.68. The molecule has 0 saturated heterocycles. The Labute approximate surface area is 166 Å². The number of H-pyrrole nitrogens is 1.